The average molecular weight is 486 g/mol. The van der Waals surface area contributed by atoms with Gasteiger partial charge in [0.2, 0.25) is 5.91 Å². The van der Waals surface area contributed by atoms with Crippen LogP contribution in [-0.2, 0) is 11.2 Å². The fraction of sp³-hybridized carbons (Fsp3) is 0.474. The average Bonchev–Trinajstić information content (AvgIpc) is 3.09. The van der Waals surface area contributed by atoms with Crippen molar-refractivity contribution < 1.29 is 19.5 Å². The van der Waals surface area contributed by atoms with Crippen LogP contribution < -0.4 is 15.5 Å². The Morgan fingerprint density at radius 3 is 2.48 bits per heavy atom. The summed E-state index contributed by atoms with van der Waals surface area (Å²) >= 11 is 13.2. The number of carboxylic acid groups (broad SMARTS) is 1. The fourth-order valence-electron chi connectivity index (χ4n) is 4.02. The van der Waals surface area contributed by atoms with Gasteiger partial charge < -0.3 is 25.6 Å². The lowest BCUT2D eigenvalue weighted by atomic mass is 10.2. The number of carbonyl (C=O) groups excluding carboxylic acids is 2. The zero-order chi connectivity index (χ0) is 22.4. The first-order valence-corrected chi connectivity index (χ1v) is 11.4. The standard InChI is InChI=1S/C19H21Cl2N5O4S/c1-3-22-11(27)4-10-16(18(29)30)31-19(24-10)26-5-8-9(6-26)14(8)25-17(28)15-13(21)12(20)7(2)23-15/h8-9,14,23H,3-6H2,1-2H3,(H,22,27)(H,25,28)(H,29,30)/t8-,9+,14?. The van der Waals surface area contributed by atoms with E-state index in [9.17, 15) is 19.5 Å². The van der Waals surface area contributed by atoms with Crippen LogP contribution in [0.4, 0.5) is 5.13 Å². The number of carboxylic acids is 1. The van der Waals surface area contributed by atoms with Crippen molar-refractivity contribution in [2.75, 3.05) is 24.5 Å². The maximum atomic E-state index is 12.5. The number of aryl methyl sites for hydroxylation is 1. The number of aromatic nitrogens is 2. The number of rotatable bonds is 7. The van der Waals surface area contributed by atoms with Crippen molar-refractivity contribution in [3.8, 4) is 0 Å². The third-order valence-electron chi connectivity index (χ3n) is 5.63. The molecule has 31 heavy (non-hydrogen) atoms. The lowest BCUT2D eigenvalue weighted by molar-refractivity contribution is -0.120. The zero-order valence-corrected chi connectivity index (χ0v) is 19.1. The minimum Gasteiger partial charge on any atom is -0.477 e. The summed E-state index contributed by atoms with van der Waals surface area (Å²) in [5.74, 6) is -1.14. The van der Waals surface area contributed by atoms with E-state index in [-0.39, 0.29) is 57.4 Å². The molecule has 2 aliphatic rings. The second-order valence-electron chi connectivity index (χ2n) is 7.69. The number of H-pyrrole nitrogens is 1. The molecule has 3 atom stereocenters. The predicted octanol–water partition coefficient (Wildman–Crippen LogP) is 2.33. The van der Waals surface area contributed by atoms with Gasteiger partial charge in [-0.05, 0) is 13.8 Å². The molecule has 1 unspecified atom stereocenters. The quantitative estimate of drug-likeness (QED) is 0.476. The van der Waals surface area contributed by atoms with Gasteiger partial charge in [-0.15, -0.1) is 0 Å². The number of hydrogen-bond donors (Lipinski definition) is 4. The maximum Gasteiger partial charge on any atom is 0.347 e. The van der Waals surface area contributed by atoms with E-state index >= 15 is 0 Å². The molecule has 1 aliphatic heterocycles. The smallest absolute Gasteiger partial charge is 0.347 e. The van der Waals surface area contributed by atoms with Crippen LogP contribution in [0, 0.1) is 18.8 Å². The van der Waals surface area contributed by atoms with Gasteiger partial charge >= 0.3 is 5.97 Å². The van der Waals surface area contributed by atoms with Crippen LogP contribution in [0.25, 0.3) is 0 Å². The van der Waals surface area contributed by atoms with Gasteiger partial charge in [0, 0.05) is 43.2 Å². The molecular formula is C19H21Cl2N5O4S. The van der Waals surface area contributed by atoms with Crippen LogP contribution in [0.5, 0.6) is 0 Å². The van der Waals surface area contributed by atoms with Crippen molar-refractivity contribution >= 4 is 57.5 Å². The van der Waals surface area contributed by atoms with Gasteiger partial charge in [0.25, 0.3) is 5.91 Å². The highest BCUT2D eigenvalue weighted by Crippen LogP contribution is 2.48. The summed E-state index contributed by atoms with van der Waals surface area (Å²) in [6.07, 6.45) is -0.0652. The van der Waals surface area contributed by atoms with E-state index in [1.807, 2.05) is 4.90 Å². The molecule has 0 spiro atoms. The second-order valence-corrected chi connectivity index (χ2v) is 9.43. The van der Waals surface area contributed by atoms with Crippen molar-refractivity contribution in [3.05, 3.63) is 32.0 Å². The lowest BCUT2D eigenvalue weighted by Gasteiger charge is -2.19. The first-order chi connectivity index (χ1) is 14.7. The zero-order valence-electron chi connectivity index (χ0n) is 16.8. The number of amides is 2. The molecule has 0 bridgehead atoms. The maximum absolute atomic E-state index is 12.5. The summed E-state index contributed by atoms with van der Waals surface area (Å²) in [4.78, 5) is 45.4. The highest BCUT2D eigenvalue weighted by Gasteiger charge is 2.57. The number of hydrogen-bond acceptors (Lipinski definition) is 6. The Kier molecular flexibility index (Phi) is 5.89. The van der Waals surface area contributed by atoms with Crippen molar-refractivity contribution in [1.29, 1.82) is 0 Å². The third-order valence-corrected chi connectivity index (χ3v) is 7.72. The number of halogens is 2. The largest absolute Gasteiger partial charge is 0.477 e. The van der Waals surface area contributed by atoms with Gasteiger partial charge in [0.1, 0.15) is 10.6 Å². The molecular weight excluding hydrogens is 465 g/mol. The first-order valence-electron chi connectivity index (χ1n) is 9.80. The molecule has 12 heteroatoms. The third kappa shape index (κ3) is 4.11. The summed E-state index contributed by atoms with van der Waals surface area (Å²) in [6, 6.07) is 0.0240. The van der Waals surface area contributed by atoms with Gasteiger partial charge in [-0.2, -0.15) is 0 Å². The first kappa shape index (κ1) is 21.9. The molecule has 9 nitrogen and oxygen atoms in total. The summed E-state index contributed by atoms with van der Waals surface area (Å²) in [5.41, 5.74) is 1.17. The minimum absolute atomic E-state index is 0.0240. The van der Waals surface area contributed by atoms with Gasteiger partial charge in [0.05, 0.1) is 22.2 Å². The minimum atomic E-state index is -1.09. The molecule has 0 aromatic carbocycles. The second kappa shape index (κ2) is 8.33. The van der Waals surface area contributed by atoms with Crippen LogP contribution in [-0.4, -0.2) is 58.5 Å². The van der Waals surface area contributed by atoms with Crippen LogP contribution in [0.1, 0.15) is 38.5 Å². The van der Waals surface area contributed by atoms with Gasteiger partial charge in [0.15, 0.2) is 5.13 Å². The topological polar surface area (TPSA) is 127 Å². The number of aromatic amines is 1. The van der Waals surface area contributed by atoms with Crippen LogP contribution in [0.15, 0.2) is 0 Å². The van der Waals surface area contributed by atoms with Crippen molar-refractivity contribution in [2.24, 2.45) is 11.8 Å². The summed E-state index contributed by atoms with van der Waals surface area (Å²) in [7, 11) is 0. The number of anilines is 1. The van der Waals surface area contributed by atoms with E-state index in [4.69, 9.17) is 23.2 Å². The molecule has 1 saturated heterocycles. The Morgan fingerprint density at radius 1 is 1.26 bits per heavy atom. The number of thiazole rings is 1. The van der Waals surface area contributed by atoms with E-state index in [1.165, 1.54) is 0 Å². The van der Waals surface area contributed by atoms with Crippen LogP contribution >= 0.6 is 34.5 Å². The van der Waals surface area contributed by atoms with E-state index in [1.54, 1.807) is 13.8 Å². The highest BCUT2D eigenvalue weighted by atomic mass is 35.5. The molecule has 0 radical (unpaired) electrons. The van der Waals surface area contributed by atoms with E-state index in [0.717, 1.165) is 11.3 Å². The predicted molar refractivity (Wildman–Crippen MR) is 117 cm³/mol. The summed E-state index contributed by atoms with van der Waals surface area (Å²) in [6.45, 7) is 5.32. The molecule has 2 amide bonds. The molecule has 4 rings (SSSR count). The number of aromatic carboxylic acids is 1. The van der Waals surface area contributed by atoms with Crippen molar-refractivity contribution in [2.45, 2.75) is 26.3 Å². The number of piperidine rings is 1. The monoisotopic (exact) mass is 485 g/mol. The molecule has 1 saturated carbocycles. The Balaban J connectivity index is 1.39. The van der Waals surface area contributed by atoms with Crippen molar-refractivity contribution in [3.63, 3.8) is 0 Å². The number of nitrogens with zero attached hydrogens (tertiary/aromatic N) is 2. The number of fused-ring (bicyclic) bond motifs is 1. The SMILES string of the molecule is CCNC(=O)Cc1nc(N2C[C@@H]3C(NC(=O)c4[nH]c(C)c(Cl)c4Cl)[C@@H]3C2)sc1C(=O)O. The Morgan fingerprint density at radius 2 is 1.94 bits per heavy atom. The van der Waals surface area contributed by atoms with Crippen LogP contribution in [0.3, 0.4) is 0 Å². The Bertz CT molecular complexity index is 1060. The molecule has 1 aliphatic carbocycles. The van der Waals surface area contributed by atoms with E-state index < -0.39 is 5.97 Å². The summed E-state index contributed by atoms with van der Waals surface area (Å²) < 4.78 is 0. The lowest BCUT2D eigenvalue weighted by Crippen LogP contribution is -2.35. The molecule has 2 fully saturated rings. The Labute approximate surface area is 192 Å². The van der Waals surface area contributed by atoms with E-state index in [2.05, 4.69) is 20.6 Å². The normalized spacial score (nSPS) is 21.7. The van der Waals surface area contributed by atoms with E-state index in [0.29, 0.717) is 35.5 Å². The molecule has 4 N–H and O–H groups in total. The highest BCUT2D eigenvalue weighted by molar-refractivity contribution is 7.17. The number of nitrogens with one attached hydrogen (secondary N) is 3. The molecule has 2 aromatic rings. The van der Waals surface area contributed by atoms with Gasteiger partial charge in [-0.3, -0.25) is 9.59 Å². The van der Waals surface area contributed by atoms with Crippen molar-refractivity contribution in [1.82, 2.24) is 20.6 Å². The fourth-order valence-corrected chi connectivity index (χ4v) is 5.38. The number of carbonyl (C=O) groups is 3. The van der Waals surface area contributed by atoms with Gasteiger partial charge in [-0.25, -0.2) is 9.78 Å². The van der Waals surface area contributed by atoms with Gasteiger partial charge in [-0.1, -0.05) is 34.5 Å². The molecule has 2 aromatic heterocycles. The summed E-state index contributed by atoms with van der Waals surface area (Å²) in [5, 5.41) is 16.3. The number of likely N-dealkylation sites (N-methyl/N-ethyl adjacent to an activating group) is 1. The Hall–Kier alpha value is -2.30. The molecule has 3 heterocycles. The van der Waals surface area contributed by atoms with Crippen LogP contribution in [0.2, 0.25) is 10.0 Å². The molecule has 166 valence electrons.